The minimum absolute atomic E-state index is 0.184. The molecule has 1 aliphatic heterocycles. The molecular weight excluding hydrogens is 570 g/mol. The zero-order valence-corrected chi connectivity index (χ0v) is 26.3. The number of amides is 1. The highest BCUT2D eigenvalue weighted by Gasteiger charge is 2.25. The van der Waals surface area contributed by atoms with Crippen molar-refractivity contribution in [2.24, 2.45) is 5.41 Å². The van der Waals surface area contributed by atoms with Gasteiger partial charge in [0.1, 0.15) is 28.8 Å². The quantitative estimate of drug-likeness (QED) is 0.281. The standard InChI is InChI=1S/C31H38ClN7O4/c1-31(2,3)17-21(18-33)28(40)38-12-10-37(11-13-38)8-7-9-39-27-20(19-35-30(34-4)36-27)14-24(29(39)41)23-15-22(42-5)16-25(43-6)26(23)32/h14-17,19H,7-13H2,1-6H3,(H,34,35,36)/b21-17+. The topological polar surface area (TPSA) is 126 Å². The molecule has 0 radical (unpaired) electrons. The van der Waals surface area contributed by atoms with E-state index in [1.807, 2.05) is 20.8 Å². The Morgan fingerprint density at radius 2 is 1.84 bits per heavy atom. The Bertz CT molecular complexity index is 1630. The summed E-state index contributed by atoms with van der Waals surface area (Å²) in [6, 6.07) is 7.20. The van der Waals surface area contributed by atoms with Gasteiger partial charge in [0.2, 0.25) is 5.95 Å². The predicted octanol–water partition coefficient (Wildman–Crippen LogP) is 4.20. The zero-order chi connectivity index (χ0) is 31.3. The number of carbonyl (C=O) groups excluding carboxylic acids is 1. The first-order valence-electron chi connectivity index (χ1n) is 14.1. The zero-order valence-electron chi connectivity index (χ0n) is 25.5. The van der Waals surface area contributed by atoms with Gasteiger partial charge in [0.15, 0.2) is 0 Å². The van der Waals surface area contributed by atoms with Crippen LogP contribution in [0, 0.1) is 16.7 Å². The van der Waals surface area contributed by atoms with Gasteiger partial charge in [-0.05, 0) is 30.5 Å². The molecule has 1 aliphatic rings. The number of nitrogens with zero attached hydrogens (tertiary/aromatic N) is 6. The van der Waals surface area contributed by atoms with Crippen LogP contribution in [-0.4, -0.2) is 84.2 Å². The van der Waals surface area contributed by atoms with Crippen molar-refractivity contribution < 1.29 is 14.3 Å². The Hall–Kier alpha value is -4.14. The molecule has 12 heteroatoms. The Balaban J connectivity index is 1.55. The highest BCUT2D eigenvalue weighted by Crippen LogP contribution is 2.38. The number of piperazine rings is 1. The third-order valence-electron chi connectivity index (χ3n) is 7.25. The highest BCUT2D eigenvalue weighted by molar-refractivity contribution is 6.35. The van der Waals surface area contributed by atoms with Gasteiger partial charge in [-0.25, -0.2) is 4.98 Å². The fourth-order valence-electron chi connectivity index (χ4n) is 5.09. The minimum atomic E-state index is -0.259. The van der Waals surface area contributed by atoms with E-state index in [-0.39, 0.29) is 22.5 Å². The van der Waals surface area contributed by atoms with Crippen molar-refractivity contribution in [2.45, 2.75) is 33.7 Å². The lowest BCUT2D eigenvalue weighted by Crippen LogP contribution is -2.49. The normalized spacial score (nSPS) is 14.5. The SMILES string of the molecule is CNc1ncc2cc(-c3cc(OC)cc(OC)c3Cl)c(=O)n(CCCN3CCN(C(=O)/C(C#N)=C/C(C)(C)C)CC3)c2n1. The molecule has 1 amide bonds. The molecule has 11 nitrogen and oxygen atoms in total. The summed E-state index contributed by atoms with van der Waals surface area (Å²) >= 11 is 6.67. The van der Waals surface area contributed by atoms with Gasteiger partial charge in [0.05, 0.1) is 19.2 Å². The van der Waals surface area contributed by atoms with E-state index in [1.54, 1.807) is 54.1 Å². The molecule has 43 heavy (non-hydrogen) atoms. The molecular formula is C31H38ClN7O4. The smallest absolute Gasteiger partial charge is 0.264 e. The molecule has 4 rings (SSSR count). The molecule has 0 unspecified atom stereocenters. The third-order valence-corrected chi connectivity index (χ3v) is 7.64. The maximum Gasteiger partial charge on any atom is 0.264 e. The Morgan fingerprint density at radius 3 is 2.44 bits per heavy atom. The monoisotopic (exact) mass is 607 g/mol. The van der Waals surface area contributed by atoms with Crippen molar-refractivity contribution in [3.05, 3.63) is 51.4 Å². The molecule has 2 aromatic heterocycles. The summed E-state index contributed by atoms with van der Waals surface area (Å²) in [5.74, 6) is 1.10. The second kappa shape index (κ2) is 13.4. The summed E-state index contributed by atoms with van der Waals surface area (Å²) in [5, 5.41) is 13.5. The number of nitriles is 1. The van der Waals surface area contributed by atoms with Crippen LogP contribution in [0.25, 0.3) is 22.2 Å². The number of aryl methyl sites for hydroxylation is 1. The molecule has 3 heterocycles. The highest BCUT2D eigenvalue weighted by atomic mass is 35.5. The summed E-state index contributed by atoms with van der Waals surface area (Å²) in [5.41, 5.74) is 1.09. The van der Waals surface area contributed by atoms with Gasteiger partial charge in [-0.15, -0.1) is 0 Å². The summed E-state index contributed by atoms with van der Waals surface area (Å²) in [7, 11) is 4.78. The number of hydrogen-bond donors (Lipinski definition) is 1. The van der Waals surface area contributed by atoms with Gasteiger partial charge in [-0.2, -0.15) is 10.2 Å². The maximum atomic E-state index is 14.0. The van der Waals surface area contributed by atoms with E-state index in [0.717, 1.165) is 6.54 Å². The Morgan fingerprint density at radius 1 is 1.12 bits per heavy atom. The van der Waals surface area contributed by atoms with E-state index >= 15 is 0 Å². The molecule has 0 atom stereocenters. The number of carbonyl (C=O) groups is 1. The van der Waals surface area contributed by atoms with Crippen LogP contribution >= 0.6 is 11.6 Å². The fourth-order valence-corrected chi connectivity index (χ4v) is 5.38. The van der Waals surface area contributed by atoms with E-state index in [0.29, 0.717) is 83.8 Å². The van der Waals surface area contributed by atoms with Crippen LogP contribution in [0.3, 0.4) is 0 Å². The molecule has 1 saturated heterocycles. The third kappa shape index (κ3) is 7.27. The fraction of sp³-hybridized carbons (Fsp3) is 0.452. The molecule has 1 fully saturated rings. The van der Waals surface area contributed by atoms with E-state index in [1.165, 1.54) is 7.11 Å². The van der Waals surface area contributed by atoms with Gasteiger partial charge in [0.25, 0.3) is 11.5 Å². The number of hydrogen-bond acceptors (Lipinski definition) is 9. The average molecular weight is 608 g/mol. The predicted molar refractivity (Wildman–Crippen MR) is 168 cm³/mol. The Kier molecular flexibility index (Phi) is 9.94. The lowest BCUT2D eigenvalue weighted by atomic mass is 9.93. The number of benzene rings is 1. The van der Waals surface area contributed by atoms with Gasteiger partial charge in [-0.3, -0.25) is 19.1 Å². The van der Waals surface area contributed by atoms with Gasteiger partial charge in [-0.1, -0.05) is 38.4 Å². The molecule has 0 bridgehead atoms. The van der Waals surface area contributed by atoms with E-state index in [4.69, 9.17) is 21.1 Å². The molecule has 3 aromatic rings. The number of anilines is 1. The summed E-state index contributed by atoms with van der Waals surface area (Å²) < 4.78 is 12.5. The van der Waals surface area contributed by atoms with Crippen molar-refractivity contribution in [1.82, 2.24) is 24.3 Å². The molecule has 0 saturated carbocycles. The number of methoxy groups -OCH3 is 2. The van der Waals surface area contributed by atoms with Crippen LogP contribution in [0.15, 0.2) is 40.8 Å². The summed E-state index contributed by atoms with van der Waals surface area (Å²) in [6.45, 7) is 9.47. The molecule has 0 spiro atoms. The van der Waals surface area contributed by atoms with Crippen molar-refractivity contribution in [1.29, 1.82) is 5.26 Å². The molecule has 228 valence electrons. The number of pyridine rings is 1. The van der Waals surface area contributed by atoms with Gasteiger partial charge < -0.3 is 19.7 Å². The van der Waals surface area contributed by atoms with Crippen LogP contribution < -0.4 is 20.3 Å². The summed E-state index contributed by atoms with van der Waals surface area (Å²) in [6.07, 6.45) is 4.09. The number of halogens is 1. The first-order valence-corrected chi connectivity index (χ1v) is 14.5. The largest absolute Gasteiger partial charge is 0.497 e. The Labute approximate surface area is 256 Å². The van der Waals surface area contributed by atoms with Crippen LogP contribution in [0.5, 0.6) is 11.5 Å². The number of fused-ring (bicyclic) bond motifs is 1. The number of allylic oxidation sites excluding steroid dienone is 1. The minimum Gasteiger partial charge on any atom is -0.497 e. The first-order chi connectivity index (χ1) is 20.5. The number of aromatic nitrogens is 3. The van der Waals surface area contributed by atoms with Crippen molar-refractivity contribution in [3.8, 4) is 28.7 Å². The van der Waals surface area contributed by atoms with Crippen LogP contribution in [0.2, 0.25) is 5.02 Å². The van der Waals surface area contributed by atoms with E-state index in [2.05, 4.69) is 26.3 Å². The van der Waals surface area contributed by atoms with Crippen LogP contribution in [0.4, 0.5) is 5.95 Å². The van der Waals surface area contributed by atoms with E-state index < -0.39 is 0 Å². The molecule has 1 aromatic carbocycles. The van der Waals surface area contributed by atoms with Gasteiger partial charge in [0, 0.05) is 68.5 Å². The first kappa shape index (κ1) is 31.8. The molecule has 0 aliphatic carbocycles. The summed E-state index contributed by atoms with van der Waals surface area (Å²) in [4.78, 5) is 39.8. The lowest BCUT2D eigenvalue weighted by Gasteiger charge is -2.34. The van der Waals surface area contributed by atoms with Crippen LogP contribution in [-0.2, 0) is 11.3 Å². The number of rotatable bonds is 9. The second-order valence-electron chi connectivity index (χ2n) is 11.5. The van der Waals surface area contributed by atoms with E-state index in [9.17, 15) is 14.9 Å². The molecule has 1 N–H and O–H groups in total. The van der Waals surface area contributed by atoms with Crippen LogP contribution in [0.1, 0.15) is 27.2 Å². The second-order valence-corrected chi connectivity index (χ2v) is 11.8. The van der Waals surface area contributed by atoms with Crippen molar-refractivity contribution >= 4 is 34.5 Å². The maximum absolute atomic E-state index is 14.0. The average Bonchev–Trinajstić information content (AvgIpc) is 3.00. The van der Waals surface area contributed by atoms with Crippen molar-refractivity contribution in [3.63, 3.8) is 0 Å². The number of ether oxygens (including phenoxy) is 2. The van der Waals surface area contributed by atoms with Crippen molar-refractivity contribution in [2.75, 3.05) is 59.3 Å². The number of nitrogens with one attached hydrogen (secondary N) is 1. The lowest BCUT2D eigenvalue weighted by molar-refractivity contribution is -0.128. The van der Waals surface area contributed by atoms with Gasteiger partial charge >= 0.3 is 0 Å².